The smallest absolute Gasteiger partial charge is 0.244 e. The van der Waals surface area contributed by atoms with Crippen molar-refractivity contribution in [2.45, 2.75) is 19.5 Å². The zero-order chi connectivity index (χ0) is 30.5. The molecule has 0 spiro atoms. The minimum absolute atomic E-state index is 0.156. The number of halogens is 1. The first kappa shape index (κ1) is 28.7. The quantitative estimate of drug-likeness (QED) is 0.183. The maximum absolute atomic E-state index is 13.6. The van der Waals surface area contributed by atoms with Gasteiger partial charge in [0.05, 0.1) is 30.3 Å². The fourth-order valence-corrected chi connectivity index (χ4v) is 4.95. The summed E-state index contributed by atoms with van der Waals surface area (Å²) in [7, 11) is 3.89. The molecule has 222 valence electrons. The van der Waals surface area contributed by atoms with E-state index in [4.69, 9.17) is 0 Å². The molecular weight excluding hydrogens is 557 g/mol. The Hall–Kier alpha value is -5.42. The summed E-state index contributed by atoms with van der Waals surface area (Å²) in [5, 5.41) is 12.7. The second kappa shape index (κ2) is 12.8. The molecule has 6 aromatic rings. The number of carbonyl (C=O) groups excluding carboxylic acids is 1. The number of H-pyrrole nitrogens is 1. The van der Waals surface area contributed by atoms with E-state index in [1.165, 1.54) is 18.2 Å². The number of nitrogens with zero attached hydrogens (tertiary/aromatic N) is 6. The van der Waals surface area contributed by atoms with Gasteiger partial charge < -0.3 is 20.5 Å². The Morgan fingerprint density at radius 1 is 1.02 bits per heavy atom. The third-order valence-electron chi connectivity index (χ3n) is 7.07. The molecule has 1 amide bonds. The predicted octanol–water partition coefficient (Wildman–Crippen LogP) is 4.96. The van der Waals surface area contributed by atoms with Crippen molar-refractivity contribution in [1.82, 2.24) is 39.9 Å². The maximum Gasteiger partial charge on any atom is 0.244 e. The van der Waals surface area contributed by atoms with Gasteiger partial charge in [-0.15, -0.1) is 0 Å². The minimum atomic E-state index is -0.259. The Kier molecular flexibility index (Phi) is 8.37. The van der Waals surface area contributed by atoms with Gasteiger partial charge in [0, 0.05) is 47.4 Å². The Bertz CT molecular complexity index is 1960. The summed E-state index contributed by atoms with van der Waals surface area (Å²) in [6.45, 7) is 1.50. The van der Waals surface area contributed by atoms with Crippen LogP contribution in [0.2, 0.25) is 0 Å². The lowest BCUT2D eigenvalue weighted by molar-refractivity contribution is -0.116. The number of anilines is 2. The number of amides is 1. The molecule has 0 aliphatic rings. The highest BCUT2D eigenvalue weighted by Gasteiger charge is 2.10. The van der Waals surface area contributed by atoms with Gasteiger partial charge in [0.2, 0.25) is 5.91 Å². The summed E-state index contributed by atoms with van der Waals surface area (Å²) in [6.07, 6.45) is 9.13. The minimum Gasteiger partial charge on any atom is -0.345 e. The molecule has 0 saturated heterocycles. The molecule has 0 saturated carbocycles. The van der Waals surface area contributed by atoms with E-state index < -0.39 is 0 Å². The van der Waals surface area contributed by atoms with E-state index in [2.05, 4.69) is 41.7 Å². The van der Waals surface area contributed by atoms with Crippen LogP contribution in [0.15, 0.2) is 91.5 Å². The standard InChI is InChI=1S/C33H32FN9O/c1-42(2)12-4-7-32(44)36-19-31-35-18-27(40-31)14-22-8-10-29-28(15-22)33(38-21-37-29)41-26-9-11-30-24(16-26)17-39-43(30)20-23-5-3-6-25(34)13-23/h3-11,13,15-18,21H,12,14,19-20H2,1-2H3,(H,35,40)(H,36,44)(H,37,38,41)/b7-4+. The van der Waals surface area contributed by atoms with E-state index >= 15 is 0 Å². The third kappa shape index (κ3) is 6.96. The zero-order valence-electron chi connectivity index (χ0n) is 24.5. The number of hydrogen-bond acceptors (Lipinski definition) is 7. The zero-order valence-corrected chi connectivity index (χ0v) is 24.5. The number of hydrogen-bond donors (Lipinski definition) is 3. The number of likely N-dealkylation sites (N-methyl/N-ethyl adjacent to an activating group) is 1. The Balaban J connectivity index is 1.14. The monoisotopic (exact) mass is 589 g/mol. The predicted molar refractivity (Wildman–Crippen MR) is 169 cm³/mol. The average Bonchev–Trinajstić information content (AvgIpc) is 3.62. The van der Waals surface area contributed by atoms with Crippen LogP contribution in [0, 0.1) is 5.82 Å². The molecule has 0 fully saturated rings. The molecule has 3 N–H and O–H groups in total. The van der Waals surface area contributed by atoms with Crippen LogP contribution in [0.1, 0.15) is 22.6 Å². The molecular formula is C33H32FN9O. The SMILES string of the molecule is CN(C)C/C=C/C(=O)NCc1ncc(Cc2ccc3ncnc(Nc4ccc5c(cnn5Cc5cccc(F)c5)c4)c3c2)[nH]1. The number of imidazole rings is 1. The van der Waals surface area contributed by atoms with Gasteiger partial charge in [-0.25, -0.2) is 19.3 Å². The van der Waals surface area contributed by atoms with Gasteiger partial charge in [-0.2, -0.15) is 5.10 Å². The molecule has 44 heavy (non-hydrogen) atoms. The average molecular weight is 590 g/mol. The van der Waals surface area contributed by atoms with Crippen molar-refractivity contribution in [3.05, 3.63) is 120 Å². The van der Waals surface area contributed by atoms with Gasteiger partial charge in [-0.3, -0.25) is 9.48 Å². The summed E-state index contributed by atoms with van der Waals surface area (Å²) >= 11 is 0. The lowest BCUT2D eigenvalue weighted by atomic mass is 10.1. The normalized spacial score (nSPS) is 11.6. The molecule has 3 heterocycles. The van der Waals surface area contributed by atoms with Gasteiger partial charge in [-0.05, 0) is 67.7 Å². The van der Waals surface area contributed by atoms with Crippen molar-refractivity contribution in [3.8, 4) is 0 Å². The molecule has 0 bridgehead atoms. The first-order chi connectivity index (χ1) is 21.4. The van der Waals surface area contributed by atoms with Crippen LogP contribution in [0.3, 0.4) is 0 Å². The largest absolute Gasteiger partial charge is 0.345 e. The molecule has 11 heteroatoms. The van der Waals surface area contributed by atoms with E-state index in [0.717, 1.165) is 44.3 Å². The molecule has 10 nitrogen and oxygen atoms in total. The van der Waals surface area contributed by atoms with E-state index in [1.54, 1.807) is 18.6 Å². The molecule has 0 aliphatic carbocycles. The van der Waals surface area contributed by atoms with Crippen LogP contribution >= 0.6 is 0 Å². The number of fused-ring (bicyclic) bond motifs is 2. The number of aromatic nitrogens is 6. The van der Waals surface area contributed by atoms with Gasteiger partial charge in [0.15, 0.2) is 0 Å². The number of rotatable bonds is 11. The maximum atomic E-state index is 13.6. The molecule has 0 radical (unpaired) electrons. The van der Waals surface area contributed by atoms with Gasteiger partial charge in [-0.1, -0.05) is 24.3 Å². The summed E-state index contributed by atoms with van der Waals surface area (Å²) in [5.74, 6) is 0.968. The lowest BCUT2D eigenvalue weighted by Gasteiger charge is -2.10. The van der Waals surface area contributed by atoms with Crippen LogP contribution in [0.4, 0.5) is 15.9 Å². The second-order valence-corrected chi connectivity index (χ2v) is 10.8. The molecule has 0 aliphatic heterocycles. The number of benzene rings is 3. The highest BCUT2D eigenvalue weighted by Crippen LogP contribution is 2.27. The van der Waals surface area contributed by atoms with Gasteiger partial charge >= 0.3 is 0 Å². The van der Waals surface area contributed by atoms with E-state index in [9.17, 15) is 9.18 Å². The van der Waals surface area contributed by atoms with Crippen molar-refractivity contribution in [2.24, 2.45) is 0 Å². The van der Waals surface area contributed by atoms with Crippen molar-refractivity contribution in [2.75, 3.05) is 26.0 Å². The Morgan fingerprint density at radius 3 is 2.80 bits per heavy atom. The fourth-order valence-electron chi connectivity index (χ4n) is 4.95. The Morgan fingerprint density at radius 2 is 1.93 bits per heavy atom. The van der Waals surface area contributed by atoms with Crippen LogP contribution in [0.5, 0.6) is 0 Å². The van der Waals surface area contributed by atoms with Crippen LogP contribution < -0.4 is 10.6 Å². The van der Waals surface area contributed by atoms with Gasteiger partial charge in [0.25, 0.3) is 0 Å². The summed E-state index contributed by atoms with van der Waals surface area (Å²) in [4.78, 5) is 30.7. The van der Waals surface area contributed by atoms with Crippen LogP contribution in [-0.2, 0) is 24.3 Å². The highest BCUT2D eigenvalue weighted by atomic mass is 19.1. The number of nitrogens with one attached hydrogen (secondary N) is 3. The third-order valence-corrected chi connectivity index (χ3v) is 7.07. The first-order valence-electron chi connectivity index (χ1n) is 14.2. The Labute approximate surface area is 253 Å². The van der Waals surface area contributed by atoms with Crippen molar-refractivity contribution in [3.63, 3.8) is 0 Å². The van der Waals surface area contributed by atoms with E-state index in [1.807, 2.05) is 72.3 Å². The molecule has 0 unspecified atom stereocenters. The molecule has 3 aromatic heterocycles. The van der Waals surface area contributed by atoms with Crippen LogP contribution in [0.25, 0.3) is 21.8 Å². The molecule has 3 aromatic carbocycles. The number of aromatic amines is 1. The number of carbonyl (C=O) groups is 1. The topological polar surface area (TPSA) is 117 Å². The summed E-state index contributed by atoms with van der Waals surface area (Å²) in [5.41, 5.74) is 5.49. The fraction of sp³-hybridized carbons (Fsp3) is 0.182. The van der Waals surface area contributed by atoms with Crippen molar-refractivity contribution < 1.29 is 9.18 Å². The molecule has 6 rings (SSSR count). The summed E-state index contributed by atoms with van der Waals surface area (Å²) in [6, 6.07) is 18.6. The van der Waals surface area contributed by atoms with Gasteiger partial charge in [0.1, 0.15) is 23.8 Å². The van der Waals surface area contributed by atoms with Crippen molar-refractivity contribution in [1.29, 1.82) is 0 Å². The first-order valence-corrected chi connectivity index (χ1v) is 14.2. The van der Waals surface area contributed by atoms with E-state index in [-0.39, 0.29) is 11.7 Å². The second-order valence-electron chi connectivity index (χ2n) is 10.8. The highest BCUT2D eigenvalue weighted by molar-refractivity contribution is 5.92. The van der Waals surface area contributed by atoms with Crippen molar-refractivity contribution >= 4 is 39.2 Å². The molecule has 0 atom stereocenters. The summed E-state index contributed by atoms with van der Waals surface area (Å²) < 4.78 is 15.5. The lowest BCUT2D eigenvalue weighted by Crippen LogP contribution is -2.21. The van der Waals surface area contributed by atoms with Crippen LogP contribution in [-0.4, -0.2) is 61.2 Å². The van der Waals surface area contributed by atoms with E-state index in [0.29, 0.717) is 37.7 Å².